The number of nitrogens with one attached hydrogen (secondary N) is 1. The molecule has 0 saturated carbocycles. The van der Waals surface area contributed by atoms with E-state index in [4.69, 9.17) is 0 Å². The van der Waals surface area contributed by atoms with Gasteiger partial charge in [0.15, 0.2) is 0 Å². The molecule has 1 amide bonds. The highest BCUT2D eigenvalue weighted by atomic mass is 16.2. The van der Waals surface area contributed by atoms with E-state index in [2.05, 4.69) is 52.4 Å². The predicted molar refractivity (Wildman–Crippen MR) is 102 cm³/mol. The van der Waals surface area contributed by atoms with Gasteiger partial charge in [-0.1, -0.05) is 37.3 Å². The first-order valence-corrected chi connectivity index (χ1v) is 9.75. The van der Waals surface area contributed by atoms with Crippen molar-refractivity contribution in [2.24, 2.45) is 5.41 Å². The van der Waals surface area contributed by atoms with Crippen molar-refractivity contribution in [3.05, 3.63) is 53.9 Å². The van der Waals surface area contributed by atoms with E-state index >= 15 is 0 Å². The van der Waals surface area contributed by atoms with Gasteiger partial charge in [-0.3, -0.25) is 9.89 Å². The van der Waals surface area contributed by atoms with E-state index in [1.807, 2.05) is 4.90 Å². The number of carbonyl (C=O) groups is 1. The number of aromatic amines is 1. The number of hydrogen-bond acceptors (Lipinski definition) is 3. The minimum atomic E-state index is 0.0834. The summed E-state index contributed by atoms with van der Waals surface area (Å²) in [6.45, 7) is 7.37. The molecule has 1 aromatic heterocycles. The summed E-state index contributed by atoms with van der Waals surface area (Å²) in [5, 5.41) is 6.71. The standard InChI is InChI=1S/C21H28N4O/c1-2-24-15-18(17-6-4-3-5-7-17)14-21(16-24)9-12-25(13-10-21)20(26)19-8-11-22-23-19/h3-8,11,18H,2,9-10,12-16H2,1H3,(H,22,23). The van der Waals surface area contributed by atoms with Gasteiger partial charge in [0.25, 0.3) is 5.91 Å². The lowest BCUT2D eigenvalue weighted by Gasteiger charge is -2.50. The molecule has 26 heavy (non-hydrogen) atoms. The first-order chi connectivity index (χ1) is 12.7. The van der Waals surface area contributed by atoms with E-state index in [1.54, 1.807) is 12.3 Å². The monoisotopic (exact) mass is 352 g/mol. The highest BCUT2D eigenvalue weighted by Crippen LogP contribution is 2.45. The van der Waals surface area contributed by atoms with Crippen molar-refractivity contribution in [1.82, 2.24) is 20.0 Å². The second-order valence-corrected chi connectivity index (χ2v) is 7.90. The SMILES string of the molecule is CCN1CC(c2ccccc2)CC2(CCN(C(=O)c3ccn[nH]3)CC2)C1. The van der Waals surface area contributed by atoms with Crippen LogP contribution < -0.4 is 0 Å². The number of likely N-dealkylation sites (tertiary alicyclic amines) is 2. The highest BCUT2D eigenvalue weighted by Gasteiger charge is 2.42. The molecule has 2 aromatic rings. The van der Waals surface area contributed by atoms with Gasteiger partial charge in [-0.15, -0.1) is 0 Å². The van der Waals surface area contributed by atoms with E-state index in [-0.39, 0.29) is 5.91 Å². The third kappa shape index (κ3) is 3.40. The Balaban J connectivity index is 1.47. The van der Waals surface area contributed by atoms with Crippen LogP contribution in [0.5, 0.6) is 0 Å². The number of aromatic nitrogens is 2. The Morgan fingerprint density at radius 1 is 1.23 bits per heavy atom. The summed E-state index contributed by atoms with van der Waals surface area (Å²) >= 11 is 0. The summed E-state index contributed by atoms with van der Waals surface area (Å²) in [5.41, 5.74) is 2.39. The molecular formula is C21H28N4O. The van der Waals surface area contributed by atoms with E-state index in [0.717, 1.165) is 39.0 Å². The molecule has 2 aliphatic heterocycles. The van der Waals surface area contributed by atoms with E-state index in [0.29, 0.717) is 17.0 Å². The van der Waals surface area contributed by atoms with Crippen LogP contribution in [0.3, 0.4) is 0 Å². The number of benzene rings is 1. The molecule has 5 heteroatoms. The molecule has 2 saturated heterocycles. The quantitative estimate of drug-likeness (QED) is 0.923. The summed E-state index contributed by atoms with van der Waals surface area (Å²) in [5.74, 6) is 0.680. The number of likely N-dealkylation sites (N-methyl/N-ethyl adjacent to an activating group) is 1. The number of amides is 1. The Morgan fingerprint density at radius 2 is 2.00 bits per heavy atom. The number of nitrogens with zero attached hydrogens (tertiary/aromatic N) is 3. The molecule has 1 unspecified atom stereocenters. The van der Waals surface area contributed by atoms with Gasteiger partial charge in [-0.25, -0.2) is 0 Å². The molecule has 1 N–H and O–H groups in total. The molecule has 0 radical (unpaired) electrons. The van der Waals surface area contributed by atoms with Crippen molar-refractivity contribution >= 4 is 5.91 Å². The van der Waals surface area contributed by atoms with Gasteiger partial charge in [0.1, 0.15) is 5.69 Å². The molecule has 1 aromatic carbocycles. The van der Waals surface area contributed by atoms with E-state index in [9.17, 15) is 4.79 Å². The molecule has 0 aliphatic carbocycles. The van der Waals surface area contributed by atoms with E-state index in [1.165, 1.54) is 18.5 Å². The van der Waals surface area contributed by atoms with Crippen LogP contribution in [-0.2, 0) is 0 Å². The Hall–Kier alpha value is -2.14. The molecule has 4 rings (SSSR count). The number of rotatable bonds is 3. The molecule has 1 spiro atoms. The highest BCUT2D eigenvalue weighted by molar-refractivity contribution is 5.92. The summed E-state index contributed by atoms with van der Waals surface area (Å²) in [4.78, 5) is 17.2. The van der Waals surface area contributed by atoms with Crippen LogP contribution in [0, 0.1) is 5.41 Å². The minimum absolute atomic E-state index is 0.0834. The zero-order valence-corrected chi connectivity index (χ0v) is 15.5. The maximum absolute atomic E-state index is 12.6. The van der Waals surface area contributed by atoms with Crippen molar-refractivity contribution < 1.29 is 4.79 Å². The van der Waals surface area contributed by atoms with Crippen molar-refractivity contribution in [3.8, 4) is 0 Å². The lowest BCUT2D eigenvalue weighted by molar-refractivity contribution is 0.0156. The number of H-pyrrole nitrogens is 1. The Morgan fingerprint density at radius 3 is 2.65 bits per heavy atom. The van der Waals surface area contributed by atoms with E-state index < -0.39 is 0 Å². The van der Waals surface area contributed by atoms with Crippen LogP contribution in [-0.4, -0.2) is 58.6 Å². The Bertz CT molecular complexity index is 720. The maximum atomic E-state index is 12.6. The maximum Gasteiger partial charge on any atom is 0.271 e. The van der Waals surface area contributed by atoms with Gasteiger partial charge >= 0.3 is 0 Å². The van der Waals surface area contributed by atoms with Crippen molar-refractivity contribution in [2.75, 3.05) is 32.7 Å². The zero-order valence-electron chi connectivity index (χ0n) is 15.5. The van der Waals surface area contributed by atoms with Crippen LogP contribution in [0.2, 0.25) is 0 Å². The van der Waals surface area contributed by atoms with Gasteiger partial charge < -0.3 is 9.80 Å². The smallest absolute Gasteiger partial charge is 0.271 e. The van der Waals surface area contributed by atoms with Crippen LogP contribution in [0.25, 0.3) is 0 Å². The predicted octanol–water partition coefficient (Wildman–Crippen LogP) is 3.14. The fourth-order valence-corrected chi connectivity index (χ4v) is 4.78. The third-order valence-corrected chi connectivity index (χ3v) is 6.28. The largest absolute Gasteiger partial charge is 0.337 e. The van der Waals surface area contributed by atoms with Crippen LogP contribution in [0.1, 0.15) is 48.2 Å². The molecule has 2 fully saturated rings. The third-order valence-electron chi connectivity index (χ3n) is 6.28. The first-order valence-electron chi connectivity index (χ1n) is 9.75. The molecule has 5 nitrogen and oxygen atoms in total. The van der Waals surface area contributed by atoms with Crippen molar-refractivity contribution in [2.45, 2.75) is 32.1 Å². The summed E-state index contributed by atoms with van der Waals surface area (Å²) < 4.78 is 0. The normalized spacial score (nSPS) is 23.3. The van der Waals surface area contributed by atoms with Gasteiger partial charge in [-0.05, 0) is 48.8 Å². The summed E-state index contributed by atoms with van der Waals surface area (Å²) in [6, 6.07) is 12.7. The molecule has 138 valence electrons. The molecule has 2 aliphatic rings. The van der Waals surface area contributed by atoms with Gasteiger partial charge in [0.2, 0.25) is 0 Å². The van der Waals surface area contributed by atoms with Crippen molar-refractivity contribution in [1.29, 1.82) is 0 Å². The molecular weight excluding hydrogens is 324 g/mol. The number of hydrogen-bond donors (Lipinski definition) is 1. The van der Waals surface area contributed by atoms with Crippen LogP contribution in [0.4, 0.5) is 0 Å². The minimum Gasteiger partial charge on any atom is -0.337 e. The second kappa shape index (κ2) is 7.23. The number of carbonyl (C=O) groups excluding carboxylic acids is 1. The molecule has 1 atom stereocenters. The molecule has 0 bridgehead atoms. The lowest BCUT2D eigenvalue weighted by Crippen LogP contribution is -2.52. The Labute approximate surface area is 155 Å². The van der Waals surface area contributed by atoms with Crippen molar-refractivity contribution in [3.63, 3.8) is 0 Å². The second-order valence-electron chi connectivity index (χ2n) is 7.90. The van der Waals surface area contributed by atoms with Gasteiger partial charge in [0, 0.05) is 32.4 Å². The average molecular weight is 352 g/mol. The zero-order chi connectivity index (χ0) is 18.0. The van der Waals surface area contributed by atoms with Gasteiger partial charge in [0.05, 0.1) is 0 Å². The summed E-state index contributed by atoms with van der Waals surface area (Å²) in [6.07, 6.45) is 5.06. The fraction of sp³-hybridized carbons (Fsp3) is 0.524. The molecule has 3 heterocycles. The Kier molecular flexibility index (Phi) is 4.81. The average Bonchev–Trinajstić information content (AvgIpc) is 3.23. The first kappa shape index (κ1) is 17.3. The van der Waals surface area contributed by atoms with Crippen LogP contribution in [0.15, 0.2) is 42.6 Å². The fourth-order valence-electron chi connectivity index (χ4n) is 4.78. The number of piperidine rings is 2. The summed E-state index contributed by atoms with van der Waals surface area (Å²) in [7, 11) is 0. The van der Waals surface area contributed by atoms with Gasteiger partial charge in [-0.2, -0.15) is 5.10 Å². The lowest BCUT2D eigenvalue weighted by atomic mass is 9.68. The topological polar surface area (TPSA) is 52.2 Å². The van der Waals surface area contributed by atoms with Crippen LogP contribution >= 0.6 is 0 Å².